The summed E-state index contributed by atoms with van der Waals surface area (Å²) in [7, 11) is 3.01. The Morgan fingerprint density at radius 1 is 0.895 bits per heavy atom. The van der Waals surface area contributed by atoms with Gasteiger partial charge in [-0.15, -0.1) is 0 Å². The zero-order chi connectivity index (χ0) is 26.6. The molecule has 8 nitrogen and oxygen atoms in total. The smallest absolute Gasteiger partial charge is 0.272 e. The number of benzene rings is 3. The predicted octanol–water partition coefficient (Wildman–Crippen LogP) is 5.83. The molecule has 5 rings (SSSR count). The van der Waals surface area contributed by atoms with Crippen molar-refractivity contribution >= 4 is 45.4 Å². The van der Waals surface area contributed by atoms with Crippen molar-refractivity contribution in [2.75, 3.05) is 19.5 Å². The average molecular weight is 510 g/mol. The van der Waals surface area contributed by atoms with Crippen LogP contribution < -0.4 is 20.1 Å². The molecule has 5 aromatic rings. The number of nitrogens with zero attached hydrogens (tertiary/aromatic N) is 1. The molecule has 0 fully saturated rings. The Hall–Kier alpha value is -4.98. The molecule has 0 aliphatic heterocycles. The lowest BCUT2D eigenvalue weighted by atomic mass is 10.1. The summed E-state index contributed by atoms with van der Waals surface area (Å²) < 4.78 is 18.2. The minimum absolute atomic E-state index is 0.0239. The second kappa shape index (κ2) is 10.6. The standard InChI is InChI=1S/C30H27N3O5/c1-4-33-25-10-6-5-9-22(25)23-17-20(12-13-26(23)33)31-30(35)24(18-21-8-7-15-38-21)32-29(34)19-11-14-27(36-2)28(16-19)37-3/h5-18H,4H2,1-3H3,(H,31,35)(H,32,34)/b24-18-. The maximum absolute atomic E-state index is 13.4. The molecule has 2 heterocycles. The second-order valence-electron chi connectivity index (χ2n) is 8.54. The lowest BCUT2D eigenvalue weighted by molar-refractivity contribution is -0.113. The molecule has 192 valence electrons. The monoisotopic (exact) mass is 509 g/mol. The first kappa shape index (κ1) is 24.7. The molecular weight excluding hydrogens is 482 g/mol. The summed E-state index contributed by atoms with van der Waals surface area (Å²) in [5.74, 6) is 0.340. The number of anilines is 1. The van der Waals surface area contributed by atoms with Gasteiger partial charge in [0.2, 0.25) is 0 Å². The van der Waals surface area contributed by atoms with Gasteiger partial charge in [-0.3, -0.25) is 9.59 Å². The van der Waals surface area contributed by atoms with E-state index in [-0.39, 0.29) is 5.70 Å². The number of nitrogens with one attached hydrogen (secondary N) is 2. The molecule has 38 heavy (non-hydrogen) atoms. The van der Waals surface area contributed by atoms with E-state index in [0.29, 0.717) is 28.5 Å². The number of aryl methyl sites for hydroxylation is 1. The molecule has 3 aromatic carbocycles. The Balaban J connectivity index is 1.45. The van der Waals surface area contributed by atoms with Crippen molar-refractivity contribution < 1.29 is 23.5 Å². The summed E-state index contributed by atoms with van der Waals surface area (Å²) in [4.78, 5) is 26.5. The third kappa shape index (κ3) is 4.71. The van der Waals surface area contributed by atoms with E-state index in [1.165, 1.54) is 26.6 Å². The molecule has 2 aromatic heterocycles. The molecule has 2 N–H and O–H groups in total. The summed E-state index contributed by atoms with van der Waals surface area (Å²) in [6.07, 6.45) is 2.98. The second-order valence-corrected chi connectivity index (χ2v) is 8.54. The van der Waals surface area contributed by atoms with Crippen LogP contribution in [0.3, 0.4) is 0 Å². The van der Waals surface area contributed by atoms with Gasteiger partial charge in [-0.05, 0) is 61.5 Å². The van der Waals surface area contributed by atoms with Crippen molar-refractivity contribution in [2.45, 2.75) is 13.5 Å². The maximum atomic E-state index is 13.4. The van der Waals surface area contributed by atoms with E-state index < -0.39 is 11.8 Å². The zero-order valence-corrected chi connectivity index (χ0v) is 21.3. The fraction of sp³-hybridized carbons (Fsp3) is 0.133. The van der Waals surface area contributed by atoms with Crippen molar-refractivity contribution in [2.24, 2.45) is 0 Å². The predicted molar refractivity (Wildman–Crippen MR) is 147 cm³/mol. The van der Waals surface area contributed by atoms with Crippen LogP contribution in [0.2, 0.25) is 0 Å². The van der Waals surface area contributed by atoms with E-state index >= 15 is 0 Å². The first-order valence-electron chi connectivity index (χ1n) is 12.1. The van der Waals surface area contributed by atoms with Crippen molar-refractivity contribution in [1.82, 2.24) is 9.88 Å². The highest BCUT2D eigenvalue weighted by molar-refractivity contribution is 6.13. The third-order valence-corrected chi connectivity index (χ3v) is 6.31. The largest absolute Gasteiger partial charge is 0.493 e. The number of hydrogen-bond acceptors (Lipinski definition) is 5. The number of carbonyl (C=O) groups is 2. The van der Waals surface area contributed by atoms with Crippen LogP contribution in [-0.2, 0) is 11.3 Å². The summed E-state index contributed by atoms with van der Waals surface area (Å²) in [5.41, 5.74) is 3.14. The molecule has 0 atom stereocenters. The number of rotatable bonds is 8. The van der Waals surface area contributed by atoms with Gasteiger partial charge < -0.3 is 29.1 Å². The van der Waals surface area contributed by atoms with Gasteiger partial charge >= 0.3 is 0 Å². The van der Waals surface area contributed by atoms with E-state index in [1.807, 2.05) is 30.3 Å². The minimum Gasteiger partial charge on any atom is -0.493 e. The van der Waals surface area contributed by atoms with Crippen LogP contribution in [0.25, 0.3) is 27.9 Å². The number of ether oxygens (including phenoxy) is 2. The number of furan rings is 1. The molecule has 0 spiro atoms. The highest BCUT2D eigenvalue weighted by Crippen LogP contribution is 2.31. The average Bonchev–Trinajstić information content (AvgIpc) is 3.57. The van der Waals surface area contributed by atoms with Crippen LogP contribution >= 0.6 is 0 Å². The van der Waals surface area contributed by atoms with Crippen molar-refractivity contribution in [3.8, 4) is 11.5 Å². The number of methoxy groups -OCH3 is 2. The van der Waals surface area contributed by atoms with Gasteiger partial charge in [-0.25, -0.2) is 0 Å². The molecule has 8 heteroatoms. The lowest BCUT2D eigenvalue weighted by Gasteiger charge is -2.13. The molecule has 0 bridgehead atoms. The summed E-state index contributed by atoms with van der Waals surface area (Å²) in [5, 5.41) is 7.77. The molecule has 0 aliphatic carbocycles. The van der Waals surface area contributed by atoms with E-state index in [0.717, 1.165) is 28.4 Å². The number of para-hydroxylation sites is 1. The van der Waals surface area contributed by atoms with Crippen LogP contribution in [0, 0.1) is 0 Å². The van der Waals surface area contributed by atoms with Crippen molar-refractivity contribution in [1.29, 1.82) is 0 Å². The Morgan fingerprint density at radius 2 is 1.68 bits per heavy atom. The fourth-order valence-corrected chi connectivity index (χ4v) is 4.52. The Morgan fingerprint density at radius 3 is 2.42 bits per heavy atom. The van der Waals surface area contributed by atoms with Gasteiger partial charge in [-0.2, -0.15) is 0 Å². The molecule has 0 radical (unpaired) electrons. The van der Waals surface area contributed by atoms with Crippen LogP contribution in [0.15, 0.2) is 89.2 Å². The summed E-state index contributed by atoms with van der Waals surface area (Å²) in [6.45, 7) is 2.93. The molecule has 2 amide bonds. The van der Waals surface area contributed by atoms with Gasteiger partial charge in [0.15, 0.2) is 11.5 Å². The first-order valence-corrected chi connectivity index (χ1v) is 12.1. The number of fused-ring (bicyclic) bond motifs is 3. The lowest BCUT2D eigenvalue weighted by Crippen LogP contribution is -2.30. The van der Waals surface area contributed by atoms with Crippen LogP contribution in [-0.4, -0.2) is 30.6 Å². The van der Waals surface area contributed by atoms with E-state index in [2.05, 4.69) is 34.3 Å². The minimum atomic E-state index is -0.492. The fourth-order valence-electron chi connectivity index (χ4n) is 4.52. The highest BCUT2D eigenvalue weighted by Gasteiger charge is 2.18. The highest BCUT2D eigenvalue weighted by atomic mass is 16.5. The van der Waals surface area contributed by atoms with Crippen LogP contribution in [0.4, 0.5) is 5.69 Å². The molecule has 0 unspecified atom stereocenters. The van der Waals surface area contributed by atoms with Crippen molar-refractivity contribution in [3.05, 3.63) is 96.1 Å². The van der Waals surface area contributed by atoms with Gasteiger partial charge in [0.1, 0.15) is 11.5 Å². The Labute approximate surface area is 219 Å². The van der Waals surface area contributed by atoms with Crippen LogP contribution in [0.5, 0.6) is 11.5 Å². The number of aromatic nitrogens is 1. The normalized spacial score (nSPS) is 11.5. The quantitative estimate of drug-likeness (QED) is 0.257. The van der Waals surface area contributed by atoms with Gasteiger partial charge in [0, 0.05) is 45.7 Å². The van der Waals surface area contributed by atoms with Gasteiger partial charge in [-0.1, -0.05) is 18.2 Å². The topological polar surface area (TPSA) is 94.7 Å². The van der Waals surface area contributed by atoms with Crippen LogP contribution in [0.1, 0.15) is 23.0 Å². The van der Waals surface area contributed by atoms with Gasteiger partial charge in [0.05, 0.1) is 20.5 Å². The number of carbonyl (C=O) groups excluding carboxylic acids is 2. The molecule has 0 saturated carbocycles. The first-order chi connectivity index (χ1) is 18.5. The van der Waals surface area contributed by atoms with E-state index in [1.54, 1.807) is 30.3 Å². The summed E-state index contributed by atoms with van der Waals surface area (Å²) in [6, 6.07) is 22.1. The zero-order valence-electron chi connectivity index (χ0n) is 21.3. The molecule has 0 aliphatic rings. The molecule has 0 saturated heterocycles. The number of hydrogen-bond donors (Lipinski definition) is 2. The summed E-state index contributed by atoms with van der Waals surface area (Å²) >= 11 is 0. The van der Waals surface area contributed by atoms with E-state index in [4.69, 9.17) is 13.9 Å². The third-order valence-electron chi connectivity index (χ3n) is 6.31. The Kier molecular flexibility index (Phi) is 6.86. The number of amides is 2. The maximum Gasteiger partial charge on any atom is 0.272 e. The Bertz CT molecular complexity index is 1660. The SMILES string of the molecule is CCn1c2ccccc2c2cc(NC(=O)/C(=C/c3ccco3)NC(=O)c3ccc(OC)c(OC)c3)ccc21. The van der Waals surface area contributed by atoms with Crippen molar-refractivity contribution in [3.63, 3.8) is 0 Å². The van der Waals surface area contributed by atoms with E-state index in [9.17, 15) is 9.59 Å². The molecular formula is C30H27N3O5. The van der Waals surface area contributed by atoms with Gasteiger partial charge in [0.25, 0.3) is 11.8 Å².